The van der Waals surface area contributed by atoms with Gasteiger partial charge >= 0.3 is 0 Å². The summed E-state index contributed by atoms with van der Waals surface area (Å²) in [6.45, 7) is 2.21. The molecule has 1 saturated carbocycles. The van der Waals surface area contributed by atoms with Crippen LogP contribution in [0.25, 0.3) is 11.5 Å². The predicted molar refractivity (Wildman–Crippen MR) is 121 cm³/mol. The standard InChI is InChI=1S/C24H22N6O3/c31-21-18-3-1-2-4-19(18)25-24(27-21)30-13-11-29(12-14-30)23(32)17-9-7-16(8-10-17)22-26-20(28-33-22)15-5-6-15/h1-4,7-10,15,18H,5-6,11-14H2. The second-order valence-corrected chi connectivity index (χ2v) is 8.60. The molecular formula is C24H22N6O3. The van der Waals surface area contributed by atoms with Crippen molar-refractivity contribution in [2.24, 2.45) is 15.9 Å². The molecule has 3 heterocycles. The zero-order chi connectivity index (χ0) is 22.4. The molecule has 2 aliphatic heterocycles. The fourth-order valence-electron chi connectivity index (χ4n) is 4.20. The normalized spacial score (nSPS) is 22.2. The zero-order valence-electron chi connectivity index (χ0n) is 17.9. The van der Waals surface area contributed by atoms with Gasteiger partial charge in [-0.3, -0.25) is 9.59 Å². The van der Waals surface area contributed by atoms with Gasteiger partial charge in [0.25, 0.3) is 17.7 Å². The summed E-state index contributed by atoms with van der Waals surface area (Å²) in [6, 6.07) is 7.28. The van der Waals surface area contributed by atoms with Crippen LogP contribution < -0.4 is 0 Å². The number of guanidine groups is 1. The van der Waals surface area contributed by atoms with Gasteiger partial charge in [-0.1, -0.05) is 23.4 Å². The molecule has 2 amide bonds. The van der Waals surface area contributed by atoms with Gasteiger partial charge in [-0.05, 0) is 43.2 Å². The Morgan fingerprint density at radius 1 is 1.00 bits per heavy atom. The van der Waals surface area contributed by atoms with Crippen molar-refractivity contribution in [1.29, 1.82) is 0 Å². The Balaban J connectivity index is 1.09. The van der Waals surface area contributed by atoms with Crippen LogP contribution in [0.3, 0.4) is 0 Å². The number of aromatic nitrogens is 2. The molecule has 0 bridgehead atoms. The third-order valence-corrected chi connectivity index (χ3v) is 6.32. The lowest BCUT2D eigenvalue weighted by Crippen LogP contribution is -2.51. The summed E-state index contributed by atoms with van der Waals surface area (Å²) in [6.07, 6.45) is 9.61. The quantitative estimate of drug-likeness (QED) is 0.723. The first-order valence-electron chi connectivity index (χ1n) is 11.2. The minimum absolute atomic E-state index is 0.0289. The second-order valence-electron chi connectivity index (χ2n) is 8.60. The topological polar surface area (TPSA) is 104 Å². The molecule has 9 heteroatoms. The van der Waals surface area contributed by atoms with E-state index in [0.717, 1.165) is 29.9 Å². The van der Waals surface area contributed by atoms with Gasteiger partial charge in [0, 0.05) is 43.2 Å². The van der Waals surface area contributed by atoms with Crippen LogP contribution in [0.2, 0.25) is 0 Å². The van der Waals surface area contributed by atoms with Gasteiger partial charge in [0.15, 0.2) is 5.82 Å². The molecule has 1 aromatic carbocycles. The molecule has 4 aliphatic rings. The maximum absolute atomic E-state index is 13.0. The fraction of sp³-hybridized carbons (Fsp3) is 0.333. The highest BCUT2D eigenvalue weighted by atomic mass is 16.5. The van der Waals surface area contributed by atoms with E-state index in [0.29, 0.717) is 49.5 Å². The van der Waals surface area contributed by atoms with Gasteiger partial charge in [0.05, 0.1) is 5.71 Å². The molecule has 1 atom stereocenters. The van der Waals surface area contributed by atoms with Crippen LogP contribution >= 0.6 is 0 Å². The van der Waals surface area contributed by atoms with E-state index < -0.39 is 0 Å². The number of piperazine rings is 1. The minimum atomic E-state index is -0.378. The van der Waals surface area contributed by atoms with E-state index in [9.17, 15) is 9.59 Å². The first-order valence-corrected chi connectivity index (χ1v) is 11.2. The monoisotopic (exact) mass is 442 g/mol. The summed E-state index contributed by atoms with van der Waals surface area (Å²) < 4.78 is 5.36. The van der Waals surface area contributed by atoms with Crippen molar-refractivity contribution in [3.05, 3.63) is 60.0 Å². The van der Waals surface area contributed by atoms with Gasteiger partial charge in [-0.15, -0.1) is 0 Å². The van der Waals surface area contributed by atoms with Crippen LogP contribution in [0.15, 0.2) is 63.1 Å². The summed E-state index contributed by atoms with van der Waals surface area (Å²) in [5.41, 5.74) is 2.14. The third kappa shape index (κ3) is 3.79. The molecule has 1 unspecified atom stereocenters. The lowest BCUT2D eigenvalue weighted by molar-refractivity contribution is -0.118. The first kappa shape index (κ1) is 19.8. The Morgan fingerprint density at radius 3 is 2.55 bits per heavy atom. The Labute approximate surface area is 190 Å². The highest BCUT2D eigenvalue weighted by Crippen LogP contribution is 2.38. The fourth-order valence-corrected chi connectivity index (χ4v) is 4.20. The van der Waals surface area contributed by atoms with Crippen molar-refractivity contribution in [2.45, 2.75) is 18.8 Å². The van der Waals surface area contributed by atoms with Crippen LogP contribution in [-0.4, -0.2) is 69.6 Å². The van der Waals surface area contributed by atoms with E-state index in [1.807, 2.05) is 46.2 Å². The molecular weight excluding hydrogens is 420 g/mol. The number of carbonyl (C=O) groups is 2. The molecule has 0 N–H and O–H groups in total. The Morgan fingerprint density at radius 2 is 1.79 bits per heavy atom. The first-order chi connectivity index (χ1) is 16.2. The largest absolute Gasteiger partial charge is 0.337 e. The molecule has 6 rings (SSSR count). The average molecular weight is 442 g/mol. The van der Waals surface area contributed by atoms with Crippen molar-refractivity contribution in [2.75, 3.05) is 26.2 Å². The van der Waals surface area contributed by atoms with Crippen molar-refractivity contribution in [3.8, 4) is 11.5 Å². The Bertz CT molecular complexity index is 1230. The number of allylic oxidation sites excluding steroid dienone is 3. The Kier molecular flexibility index (Phi) is 4.74. The number of aliphatic imine (C=N–C) groups is 2. The Hall–Kier alpha value is -3.88. The molecule has 2 fully saturated rings. The van der Waals surface area contributed by atoms with Gasteiger partial charge in [-0.2, -0.15) is 9.98 Å². The molecule has 9 nitrogen and oxygen atoms in total. The van der Waals surface area contributed by atoms with Crippen LogP contribution in [-0.2, 0) is 4.79 Å². The zero-order valence-corrected chi connectivity index (χ0v) is 17.9. The van der Waals surface area contributed by atoms with Crippen LogP contribution in [0, 0.1) is 5.92 Å². The van der Waals surface area contributed by atoms with Crippen LogP contribution in [0.5, 0.6) is 0 Å². The third-order valence-electron chi connectivity index (χ3n) is 6.32. The van der Waals surface area contributed by atoms with Crippen LogP contribution in [0.1, 0.15) is 34.9 Å². The van der Waals surface area contributed by atoms with Crippen LogP contribution in [0.4, 0.5) is 0 Å². The molecule has 0 radical (unpaired) electrons. The number of amides is 2. The number of hydrogen-bond acceptors (Lipinski definition) is 7. The van der Waals surface area contributed by atoms with E-state index in [-0.39, 0.29) is 17.7 Å². The SMILES string of the molecule is O=C1N=C(N2CCN(C(=O)c3ccc(-c4nc(C5CC5)no4)cc3)CC2)N=C2C=CC=CC12. The number of rotatable bonds is 3. The van der Waals surface area contributed by atoms with E-state index >= 15 is 0 Å². The summed E-state index contributed by atoms with van der Waals surface area (Å²) >= 11 is 0. The molecule has 2 aliphatic carbocycles. The second kappa shape index (κ2) is 7.91. The minimum Gasteiger partial charge on any atom is -0.337 e. The summed E-state index contributed by atoms with van der Waals surface area (Å²) in [5, 5.41) is 4.05. The maximum atomic E-state index is 13.0. The van der Waals surface area contributed by atoms with E-state index in [1.54, 1.807) is 12.1 Å². The van der Waals surface area contributed by atoms with E-state index in [1.165, 1.54) is 0 Å². The van der Waals surface area contributed by atoms with E-state index in [2.05, 4.69) is 20.1 Å². The highest BCUT2D eigenvalue weighted by Gasteiger charge is 2.31. The van der Waals surface area contributed by atoms with E-state index in [4.69, 9.17) is 4.52 Å². The number of benzene rings is 1. The number of hydrogen-bond donors (Lipinski definition) is 0. The average Bonchev–Trinajstić information content (AvgIpc) is 3.60. The molecule has 33 heavy (non-hydrogen) atoms. The van der Waals surface area contributed by atoms with Crippen molar-refractivity contribution >= 4 is 23.5 Å². The number of fused-ring (bicyclic) bond motifs is 1. The number of carbonyl (C=O) groups excluding carboxylic acids is 2. The molecule has 166 valence electrons. The number of nitrogens with zero attached hydrogens (tertiary/aromatic N) is 6. The maximum Gasteiger partial charge on any atom is 0.261 e. The molecule has 1 aromatic heterocycles. The van der Waals surface area contributed by atoms with Gasteiger partial charge < -0.3 is 14.3 Å². The summed E-state index contributed by atoms with van der Waals surface area (Å²) in [5.74, 6) is 1.52. The highest BCUT2D eigenvalue weighted by molar-refractivity contribution is 6.21. The molecule has 1 saturated heterocycles. The van der Waals surface area contributed by atoms with Crippen molar-refractivity contribution in [1.82, 2.24) is 19.9 Å². The molecule has 2 aromatic rings. The summed E-state index contributed by atoms with van der Waals surface area (Å²) in [4.78, 5) is 42.3. The predicted octanol–water partition coefficient (Wildman–Crippen LogP) is 2.45. The lowest BCUT2D eigenvalue weighted by atomic mass is 9.97. The van der Waals surface area contributed by atoms with Crippen molar-refractivity contribution in [3.63, 3.8) is 0 Å². The lowest BCUT2D eigenvalue weighted by Gasteiger charge is -2.36. The molecule has 0 spiro atoms. The smallest absolute Gasteiger partial charge is 0.261 e. The van der Waals surface area contributed by atoms with Crippen molar-refractivity contribution < 1.29 is 14.1 Å². The van der Waals surface area contributed by atoms with Gasteiger partial charge in [0.2, 0.25) is 5.96 Å². The van der Waals surface area contributed by atoms with Gasteiger partial charge in [0.1, 0.15) is 5.92 Å². The van der Waals surface area contributed by atoms with Gasteiger partial charge in [-0.25, -0.2) is 4.99 Å². The summed E-state index contributed by atoms with van der Waals surface area (Å²) in [7, 11) is 0.